The van der Waals surface area contributed by atoms with Crippen LogP contribution in [-0.4, -0.2) is 50.9 Å². The van der Waals surface area contributed by atoms with Gasteiger partial charge in [-0.3, -0.25) is 4.79 Å². The third-order valence-corrected chi connectivity index (χ3v) is 5.40. The Bertz CT molecular complexity index is 674. The summed E-state index contributed by atoms with van der Waals surface area (Å²) in [6.45, 7) is 3.00. The van der Waals surface area contributed by atoms with E-state index >= 15 is 0 Å². The summed E-state index contributed by atoms with van der Waals surface area (Å²) in [5.74, 6) is 0.587. The van der Waals surface area contributed by atoms with Gasteiger partial charge >= 0.3 is 0 Å². The van der Waals surface area contributed by atoms with Crippen molar-refractivity contribution in [3.05, 3.63) is 35.9 Å². The molecule has 2 rings (SSSR count). The number of benzene rings is 1. The van der Waals surface area contributed by atoms with E-state index in [-0.39, 0.29) is 30.0 Å². The Morgan fingerprint density at radius 2 is 2.00 bits per heavy atom. The van der Waals surface area contributed by atoms with Crippen LogP contribution in [0.25, 0.3) is 0 Å². The highest BCUT2D eigenvalue weighted by atomic mass is 32.2. The van der Waals surface area contributed by atoms with E-state index in [2.05, 4.69) is 20.9 Å². The first-order valence-corrected chi connectivity index (χ1v) is 9.86. The largest absolute Gasteiger partial charge is 0.357 e. The zero-order chi connectivity index (χ0) is 17.4. The van der Waals surface area contributed by atoms with Crippen LogP contribution in [0.1, 0.15) is 18.9 Å². The standard InChI is InChI=1S/C16H24N4O3S/c1-2-17-16(20-14-8-9-24(22,23)12-14)19-11-15(21)18-10-13-6-4-3-5-7-13/h3-7,14H,2,8-12H2,1H3,(H,18,21)(H2,17,19,20). The molecule has 1 heterocycles. The van der Waals surface area contributed by atoms with E-state index in [9.17, 15) is 13.2 Å². The molecular weight excluding hydrogens is 328 g/mol. The first-order chi connectivity index (χ1) is 11.5. The molecule has 1 aliphatic heterocycles. The van der Waals surface area contributed by atoms with Gasteiger partial charge in [0.2, 0.25) is 5.91 Å². The lowest BCUT2D eigenvalue weighted by atomic mass is 10.2. The van der Waals surface area contributed by atoms with Crippen LogP contribution in [0.4, 0.5) is 0 Å². The SMILES string of the molecule is CCNC(=NCC(=O)NCc1ccccc1)NC1CCS(=O)(=O)C1. The average molecular weight is 352 g/mol. The molecule has 0 aromatic heterocycles. The van der Waals surface area contributed by atoms with Crippen LogP contribution >= 0.6 is 0 Å². The predicted octanol–water partition coefficient (Wildman–Crippen LogP) is 0.0450. The molecular formula is C16H24N4O3S. The van der Waals surface area contributed by atoms with Gasteiger partial charge in [0.25, 0.3) is 0 Å². The number of carbonyl (C=O) groups is 1. The molecule has 24 heavy (non-hydrogen) atoms. The van der Waals surface area contributed by atoms with Gasteiger partial charge < -0.3 is 16.0 Å². The number of carbonyl (C=O) groups excluding carboxylic acids is 1. The van der Waals surface area contributed by atoms with Crippen molar-refractivity contribution in [2.75, 3.05) is 24.6 Å². The quantitative estimate of drug-likeness (QED) is 0.496. The molecule has 0 aliphatic carbocycles. The van der Waals surface area contributed by atoms with Gasteiger partial charge in [-0.2, -0.15) is 0 Å². The van der Waals surface area contributed by atoms with Crippen LogP contribution in [0.3, 0.4) is 0 Å². The smallest absolute Gasteiger partial charge is 0.242 e. The van der Waals surface area contributed by atoms with E-state index in [0.717, 1.165) is 5.56 Å². The Morgan fingerprint density at radius 1 is 1.25 bits per heavy atom. The molecule has 0 radical (unpaired) electrons. The number of sulfone groups is 1. The summed E-state index contributed by atoms with van der Waals surface area (Å²) < 4.78 is 23.0. The summed E-state index contributed by atoms with van der Waals surface area (Å²) >= 11 is 0. The minimum absolute atomic E-state index is 0.0123. The van der Waals surface area contributed by atoms with Crippen molar-refractivity contribution in [2.45, 2.75) is 25.9 Å². The number of amides is 1. The monoisotopic (exact) mass is 352 g/mol. The minimum Gasteiger partial charge on any atom is -0.357 e. The Balaban J connectivity index is 1.82. The Kier molecular flexibility index (Phi) is 6.60. The second-order valence-corrected chi connectivity index (χ2v) is 7.93. The van der Waals surface area contributed by atoms with Gasteiger partial charge in [0.15, 0.2) is 15.8 Å². The van der Waals surface area contributed by atoms with E-state index in [0.29, 0.717) is 25.5 Å². The van der Waals surface area contributed by atoms with Gasteiger partial charge in [-0.25, -0.2) is 13.4 Å². The summed E-state index contributed by atoms with van der Waals surface area (Å²) in [7, 11) is -2.95. The lowest BCUT2D eigenvalue weighted by Crippen LogP contribution is -2.44. The molecule has 7 nitrogen and oxygen atoms in total. The first kappa shape index (κ1) is 18.3. The van der Waals surface area contributed by atoms with E-state index in [1.54, 1.807) is 0 Å². The Morgan fingerprint density at radius 3 is 2.62 bits per heavy atom. The van der Waals surface area contributed by atoms with Crippen LogP contribution in [0.5, 0.6) is 0 Å². The summed E-state index contributed by atoms with van der Waals surface area (Å²) in [4.78, 5) is 16.1. The van der Waals surface area contributed by atoms with Crippen LogP contribution in [0.15, 0.2) is 35.3 Å². The second kappa shape index (κ2) is 8.68. The van der Waals surface area contributed by atoms with Crippen LogP contribution in [0.2, 0.25) is 0 Å². The number of nitrogens with one attached hydrogen (secondary N) is 3. The third kappa shape index (κ3) is 6.19. The zero-order valence-corrected chi connectivity index (χ0v) is 14.6. The van der Waals surface area contributed by atoms with Crippen molar-refractivity contribution in [1.82, 2.24) is 16.0 Å². The molecule has 0 bridgehead atoms. The molecule has 0 saturated carbocycles. The molecule has 132 valence electrons. The maximum atomic E-state index is 11.9. The molecule has 0 spiro atoms. The van der Waals surface area contributed by atoms with Crippen molar-refractivity contribution in [2.24, 2.45) is 4.99 Å². The average Bonchev–Trinajstić information content (AvgIpc) is 2.90. The summed E-state index contributed by atoms with van der Waals surface area (Å²) in [6, 6.07) is 9.49. The lowest BCUT2D eigenvalue weighted by molar-refractivity contribution is -0.119. The van der Waals surface area contributed by atoms with Gasteiger partial charge in [-0.1, -0.05) is 30.3 Å². The molecule has 1 atom stereocenters. The number of hydrogen-bond acceptors (Lipinski definition) is 4. The summed E-state index contributed by atoms with van der Waals surface area (Å²) in [5.41, 5.74) is 1.02. The highest BCUT2D eigenvalue weighted by Crippen LogP contribution is 2.10. The maximum absolute atomic E-state index is 11.9. The van der Waals surface area contributed by atoms with Crippen LogP contribution < -0.4 is 16.0 Å². The van der Waals surface area contributed by atoms with Crippen LogP contribution in [0, 0.1) is 0 Å². The zero-order valence-electron chi connectivity index (χ0n) is 13.8. The van der Waals surface area contributed by atoms with Gasteiger partial charge in [-0.15, -0.1) is 0 Å². The molecule has 8 heteroatoms. The number of aliphatic imine (C=N–C) groups is 1. The second-order valence-electron chi connectivity index (χ2n) is 5.70. The topological polar surface area (TPSA) is 99.7 Å². The Hall–Kier alpha value is -2.09. The van der Waals surface area contributed by atoms with E-state index in [4.69, 9.17) is 0 Å². The van der Waals surface area contributed by atoms with Crippen molar-refractivity contribution in [3.63, 3.8) is 0 Å². The lowest BCUT2D eigenvalue weighted by Gasteiger charge is -2.15. The van der Waals surface area contributed by atoms with Gasteiger partial charge in [0.1, 0.15) is 6.54 Å². The third-order valence-electron chi connectivity index (χ3n) is 3.63. The van der Waals surface area contributed by atoms with Crippen LogP contribution in [-0.2, 0) is 21.2 Å². The van der Waals surface area contributed by atoms with E-state index in [1.165, 1.54) is 0 Å². The van der Waals surface area contributed by atoms with Gasteiger partial charge in [0, 0.05) is 19.1 Å². The normalized spacial score (nSPS) is 19.7. The summed E-state index contributed by atoms with van der Waals surface area (Å²) in [6.07, 6.45) is 0.562. The molecule has 1 fully saturated rings. The van der Waals surface area contributed by atoms with Crippen molar-refractivity contribution < 1.29 is 13.2 Å². The van der Waals surface area contributed by atoms with Crippen molar-refractivity contribution in [3.8, 4) is 0 Å². The molecule has 3 N–H and O–H groups in total. The van der Waals surface area contributed by atoms with Gasteiger partial charge in [-0.05, 0) is 18.9 Å². The summed E-state index contributed by atoms with van der Waals surface area (Å²) in [5, 5.41) is 8.92. The molecule has 1 saturated heterocycles. The Labute approximate surface area is 142 Å². The molecule has 1 aromatic carbocycles. The van der Waals surface area contributed by atoms with Crippen molar-refractivity contribution >= 4 is 21.7 Å². The van der Waals surface area contributed by atoms with Gasteiger partial charge in [0.05, 0.1) is 11.5 Å². The fourth-order valence-corrected chi connectivity index (χ4v) is 4.10. The first-order valence-electron chi connectivity index (χ1n) is 8.04. The number of hydrogen-bond donors (Lipinski definition) is 3. The number of rotatable bonds is 6. The maximum Gasteiger partial charge on any atom is 0.242 e. The fraction of sp³-hybridized carbons (Fsp3) is 0.500. The minimum atomic E-state index is -2.95. The molecule has 1 amide bonds. The van der Waals surface area contributed by atoms with E-state index in [1.807, 2.05) is 37.3 Å². The highest BCUT2D eigenvalue weighted by Gasteiger charge is 2.28. The predicted molar refractivity (Wildman–Crippen MR) is 94.5 cm³/mol. The number of nitrogens with zero attached hydrogens (tertiary/aromatic N) is 1. The fourth-order valence-electron chi connectivity index (χ4n) is 2.43. The van der Waals surface area contributed by atoms with Crippen molar-refractivity contribution in [1.29, 1.82) is 0 Å². The molecule has 1 aliphatic rings. The molecule has 1 unspecified atom stereocenters. The number of guanidine groups is 1. The highest BCUT2D eigenvalue weighted by molar-refractivity contribution is 7.91. The van der Waals surface area contributed by atoms with E-state index < -0.39 is 9.84 Å². The molecule has 1 aromatic rings.